The fourth-order valence-electron chi connectivity index (χ4n) is 7.96. The molecule has 0 bridgehead atoms. The van der Waals surface area contributed by atoms with E-state index in [4.69, 9.17) is 29.3 Å². The van der Waals surface area contributed by atoms with E-state index in [0.29, 0.717) is 23.3 Å². The summed E-state index contributed by atoms with van der Waals surface area (Å²) in [6, 6.07) is 56.1. The van der Waals surface area contributed by atoms with Gasteiger partial charge in [0.05, 0.1) is 15.9 Å². The quantitative estimate of drug-likeness (QED) is 0.174. The van der Waals surface area contributed by atoms with Crippen molar-refractivity contribution in [1.82, 2.24) is 24.9 Å². The van der Waals surface area contributed by atoms with E-state index < -0.39 is 0 Å². The van der Waals surface area contributed by atoms with Crippen LogP contribution in [0.15, 0.2) is 168 Å². The van der Waals surface area contributed by atoms with E-state index >= 15 is 0 Å². The minimum Gasteiger partial charge on any atom is -0.456 e. The molecule has 0 spiro atoms. The molecule has 0 N–H and O–H groups in total. The average molecular weight is 766 g/mol. The first kappa shape index (κ1) is 32.1. The summed E-state index contributed by atoms with van der Waals surface area (Å²) in [5.41, 5.74) is 8.08. The second-order valence-electron chi connectivity index (χ2n) is 14.0. The predicted octanol–water partition coefficient (Wildman–Crippen LogP) is 13.6. The van der Waals surface area contributed by atoms with Crippen molar-refractivity contribution in [2.75, 3.05) is 0 Å². The molecule has 0 aliphatic rings. The summed E-state index contributed by atoms with van der Waals surface area (Å²) in [7, 11) is 0. The van der Waals surface area contributed by atoms with Crippen LogP contribution in [0, 0.1) is 0 Å². The minimum atomic E-state index is 0.573. The van der Waals surface area contributed by atoms with Crippen molar-refractivity contribution in [3.63, 3.8) is 0 Å². The maximum absolute atomic E-state index is 6.64. The highest BCUT2D eigenvalue weighted by molar-refractivity contribution is 7.26. The van der Waals surface area contributed by atoms with Gasteiger partial charge in [0.1, 0.15) is 11.2 Å². The van der Waals surface area contributed by atoms with Gasteiger partial charge in [0.2, 0.25) is 0 Å². The third kappa shape index (κ3) is 5.19. The first-order valence-corrected chi connectivity index (χ1v) is 20.3. The fourth-order valence-corrected chi connectivity index (χ4v) is 10.2. The van der Waals surface area contributed by atoms with E-state index in [1.807, 2.05) is 54.6 Å². The molecule has 0 aliphatic carbocycles. The molecule has 0 atom stereocenters. The number of hydrogen-bond acceptors (Lipinski definition) is 8. The van der Waals surface area contributed by atoms with Crippen LogP contribution < -0.4 is 0 Å². The fraction of sp³-hybridized carbons (Fsp3) is 0. The minimum absolute atomic E-state index is 0.573. The molecule has 0 saturated carbocycles. The molecule has 0 amide bonds. The molecule has 8 heteroatoms. The molecular weight excluding hydrogens is 739 g/mol. The van der Waals surface area contributed by atoms with Gasteiger partial charge >= 0.3 is 0 Å². The van der Waals surface area contributed by atoms with Crippen molar-refractivity contribution < 1.29 is 4.42 Å². The number of thiophene rings is 2. The Hall–Kier alpha value is -7.13. The van der Waals surface area contributed by atoms with Crippen molar-refractivity contribution >= 4 is 85.1 Å². The van der Waals surface area contributed by atoms with Crippen LogP contribution >= 0.6 is 22.7 Å². The van der Waals surface area contributed by atoms with Crippen LogP contribution in [0.1, 0.15) is 0 Å². The Bertz CT molecular complexity index is 3540. The summed E-state index contributed by atoms with van der Waals surface area (Å²) in [4.78, 5) is 25.9. The highest BCUT2D eigenvalue weighted by Crippen LogP contribution is 2.43. The molecule has 7 aromatic carbocycles. The molecule has 266 valence electrons. The van der Waals surface area contributed by atoms with Crippen LogP contribution in [0.2, 0.25) is 0 Å². The zero-order chi connectivity index (χ0) is 37.5. The van der Waals surface area contributed by atoms with Gasteiger partial charge in [-0.15, -0.1) is 22.7 Å². The van der Waals surface area contributed by atoms with Gasteiger partial charge in [0, 0.05) is 68.8 Å². The lowest BCUT2D eigenvalue weighted by atomic mass is 10.0. The normalized spacial score (nSPS) is 11.9. The van der Waals surface area contributed by atoms with Crippen molar-refractivity contribution in [3.05, 3.63) is 164 Å². The third-order valence-corrected chi connectivity index (χ3v) is 12.9. The number of aromatic nitrogens is 5. The first-order chi connectivity index (χ1) is 28.2. The predicted molar refractivity (Wildman–Crippen MR) is 236 cm³/mol. The second kappa shape index (κ2) is 12.7. The largest absolute Gasteiger partial charge is 0.456 e. The Morgan fingerprint density at radius 1 is 0.368 bits per heavy atom. The molecule has 0 saturated heterocycles. The summed E-state index contributed by atoms with van der Waals surface area (Å²) in [5.74, 6) is 2.47. The van der Waals surface area contributed by atoms with Crippen LogP contribution in [0.4, 0.5) is 0 Å². The Morgan fingerprint density at radius 2 is 0.982 bits per heavy atom. The molecule has 57 heavy (non-hydrogen) atoms. The lowest BCUT2D eigenvalue weighted by Crippen LogP contribution is -2.00. The Labute approximate surface area is 333 Å². The zero-order valence-electron chi connectivity index (χ0n) is 30.0. The second-order valence-corrected chi connectivity index (χ2v) is 16.1. The number of nitrogens with zero attached hydrogens (tertiary/aromatic N) is 5. The van der Waals surface area contributed by atoms with Crippen LogP contribution in [0.3, 0.4) is 0 Å². The number of hydrogen-bond donors (Lipinski definition) is 0. The molecule has 12 aromatic rings. The molecular formula is C49H27N5OS2. The summed E-state index contributed by atoms with van der Waals surface area (Å²) in [6.45, 7) is 0. The summed E-state index contributed by atoms with van der Waals surface area (Å²) in [5, 5.41) is 5.41. The van der Waals surface area contributed by atoms with Crippen molar-refractivity contribution in [3.8, 4) is 56.8 Å². The topological polar surface area (TPSA) is 77.6 Å². The molecule has 5 aromatic heterocycles. The monoisotopic (exact) mass is 765 g/mol. The standard InChI is InChI=1S/C49H27N5OS2/c1-3-13-28(14-4-1)43-45-44(33-18-8-10-23-39(33)57-45)51-48(50-43)34-19-11-21-36-41(34)31-26-25-30(27-37(31)55-36)47-52-46(29-15-5-2-6-16-29)53-49(54-47)35-20-12-24-40-42(35)32-17-7-9-22-38(32)56-40/h1-27H. The number of benzene rings is 7. The number of furan rings is 1. The van der Waals surface area contributed by atoms with E-state index in [1.165, 1.54) is 19.5 Å². The lowest BCUT2D eigenvalue weighted by Gasteiger charge is -2.10. The van der Waals surface area contributed by atoms with Gasteiger partial charge < -0.3 is 4.42 Å². The smallest absolute Gasteiger partial charge is 0.164 e. The molecule has 0 fully saturated rings. The molecule has 0 unspecified atom stereocenters. The highest BCUT2D eigenvalue weighted by atomic mass is 32.1. The van der Waals surface area contributed by atoms with Gasteiger partial charge in [0.15, 0.2) is 23.3 Å². The molecule has 12 rings (SSSR count). The Morgan fingerprint density at radius 3 is 1.79 bits per heavy atom. The Balaban J connectivity index is 1.05. The van der Waals surface area contributed by atoms with Crippen molar-refractivity contribution in [1.29, 1.82) is 0 Å². The zero-order valence-corrected chi connectivity index (χ0v) is 31.7. The Kier molecular flexibility index (Phi) is 7.17. The molecule has 0 radical (unpaired) electrons. The van der Waals surface area contributed by atoms with E-state index in [-0.39, 0.29) is 0 Å². The average Bonchev–Trinajstić information content (AvgIpc) is 3.97. The van der Waals surface area contributed by atoms with E-state index in [9.17, 15) is 0 Å². The van der Waals surface area contributed by atoms with E-state index in [2.05, 4.69) is 109 Å². The van der Waals surface area contributed by atoms with Crippen LogP contribution in [-0.2, 0) is 0 Å². The van der Waals surface area contributed by atoms with Crippen molar-refractivity contribution in [2.45, 2.75) is 0 Å². The molecule has 5 heterocycles. The first-order valence-electron chi connectivity index (χ1n) is 18.7. The van der Waals surface area contributed by atoms with Crippen LogP contribution in [0.25, 0.3) is 119 Å². The molecule has 0 aliphatic heterocycles. The van der Waals surface area contributed by atoms with Gasteiger partial charge in [-0.3, -0.25) is 0 Å². The van der Waals surface area contributed by atoms with Crippen molar-refractivity contribution in [2.24, 2.45) is 0 Å². The highest BCUT2D eigenvalue weighted by Gasteiger charge is 2.21. The summed E-state index contributed by atoms with van der Waals surface area (Å²) >= 11 is 3.52. The number of rotatable bonds is 5. The SMILES string of the molecule is c1ccc(-c2nc(-c3ccc4c(c3)oc3cccc(-c5nc(-c6ccccc6)c6sc7ccccc7c6n5)c34)nc(-c3cccc4sc5ccccc5c34)n2)cc1. The number of fused-ring (bicyclic) bond motifs is 9. The van der Waals surface area contributed by atoms with Gasteiger partial charge in [-0.05, 0) is 36.4 Å². The van der Waals surface area contributed by atoms with E-state index in [0.717, 1.165) is 76.4 Å². The maximum Gasteiger partial charge on any atom is 0.164 e. The third-order valence-electron chi connectivity index (χ3n) is 10.6. The van der Waals surface area contributed by atoms with E-state index in [1.54, 1.807) is 22.7 Å². The van der Waals surface area contributed by atoms with Gasteiger partial charge in [-0.25, -0.2) is 24.9 Å². The lowest BCUT2D eigenvalue weighted by molar-refractivity contribution is 0.669. The van der Waals surface area contributed by atoms with Gasteiger partial charge in [-0.1, -0.05) is 127 Å². The molecule has 6 nitrogen and oxygen atoms in total. The van der Waals surface area contributed by atoms with Crippen LogP contribution in [-0.4, -0.2) is 24.9 Å². The maximum atomic E-state index is 6.64. The summed E-state index contributed by atoms with van der Waals surface area (Å²) < 4.78 is 11.3. The van der Waals surface area contributed by atoms with Gasteiger partial charge in [0.25, 0.3) is 0 Å². The van der Waals surface area contributed by atoms with Gasteiger partial charge in [-0.2, -0.15) is 0 Å². The summed E-state index contributed by atoms with van der Waals surface area (Å²) in [6.07, 6.45) is 0. The van der Waals surface area contributed by atoms with Crippen LogP contribution in [0.5, 0.6) is 0 Å².